The number of rotatable bonds is 19. The molecule has 1 aromatic rings. The number of urea groups is 1. The van der Waals surface area contributed by atoms with Crippen LogP contribution < -0.4 is 10.6 Å². The number of amides is 3. The Kier molecular flexibility index (Phi) is 21.7. The summed E-state index contributed by atoms with van der Waals surface area (Å²) in [5, 5.41) is 5.55. The number of ether oxygens (including phenoxy) is 11. The number of hydrogen-bond acceptors (Lipinski definition) is 21. The molecular weight excluding hydrogens is 955 g/mol. The van der Waals surface area contributed by atoms with Crippen molar-refractivity contribution in [2.24, 2.45) is 0 Å². The molecule has 3 aliphatic rings. The largest absolute Gasteiger partial charge is 0.463 e. The van der Waals surface area contributed by atoms with Crippen LogP contribution in [-0.2, 0) is 102 Å². The molecule has 2 N–H and O–H groups in total. The molecular formula is C48H67N3O21. The van der Waals surface area contributed by atoms with Gasteiger partial charge in [0, 0.05) is 60.0 Å². The first kappa shape index (κ1) is 58.2. The van der Waals surface area contributed by atoms with Crippen LogP contribution >= 0.6 is 0 Å². The maximum atomic E-state index is 15.1. The zero-order valence-electron chi connectivity index (χ0n) is 42.2. The van der Waals surface area contributed by atoms with Crippen molar-refractivity contribution in [3.8, 4) is 0 Å². The monoisotopic (exact) mass is 1020 g/mol. The van der Waals surface area contributed by atoms with Gasteiger partial charge in [0.05, 0.1) is 6.42 Å². The van der Waals surface area contributed by atoms with Gasteiger partial charge in [-0.25, -0.2) is 4.79 Å². The van der Waals surface area contributed by atoms with Crippen molar-refractivity contribution in [1.29, 1.82) is 0 Å². The predicted molar refractivity (Wildman–Crippen MR) is 243 cm³/mol. The molecule has 0 spiro atoms. The Balaban J connectivity index is 1.86. The Labute approximate surface area is 416 Å². The van der Waals surface area contributed by atoms with Crippen LogP contribution in [0.15, 0.2) is 30.3 Å². The van der Waals surface area contributed by atoms with E-state index in [1.165, 1.54) is 4.90 Å². The zero-order chi connectivity index (χ0) is 53.4. The van der Waals surface area contributed by atoms with E-state index >= 15 is 4.79 Å². The van der Waals surface area contributed by atoms with Crippen molar-refractivity contribution in [3.05, 3.63) is 35.9 Å². The van der Waals surface area contributed by atoms with Crippen LogP contribution in [0.3, 0.4) is 0 Å². The number of benzene rings is 1. The fraction of sp³-hybridized carbons (Fsp3) is 0.667. The van der Waals surface area contributed by atoms with Crippen LogP contribution in [0.4, 0.5) is 4.79 Å². The number of esters is 8. The van der Waals surface area contributed by atoms with Crippen LogP contribution in [0.25, 0.3) is 0 Å². The smallest absolute Gasteiger partial charge is 0.318 e. The van der Waals surface area contributed by atoms with Crippen LogP contribution in [0.5, 0.6) is 0 Å². The number of nitrogens with one attached hydrogen (secondary N) is 2. The Hall–Kier alpha value is -6.40. The summed E-state index contributed by atoms with van der Waals surface area (Å²) in [6.45, 7) is 10.8. The minimum atomic E-state index is -1.95. The maximum absolute atomic E-state index is 15.1. The maximum Gasteiger partial charge on any atom is 0.318 e. The van der Waals surface area contributed by atoms with Crippen molar-refractivity contribution in [2.45, 2.75) is 193 Å². The summed E-state index contributed by atoms with van der Waals surface area (Å²) in [6, 6.07) is 5.94. The molecule has 11 atom stereocenters. The topological polar surface area (TPSA) is 300 Å². The third-order valence-electron chi connectivity index (χ3n) is 11.1. The summed E-state index contributed by atoms with van der Waals surface area (Å²) < 4.78 is 63.2. The molecule has 2 aliphatic heterocycles. The minimum absolute atomic E-state index is 0.158. The van der Waals surface area contributed by atoms with Gasteiger partial charge in [0.1, 0.15) is 44.2 Å². The molecule has 2 heterocycles. The van der Waals surface area contributed by atoms with Gasteiger partial charge in [0.2, 0.25) is 5.91 Å². The highest BCUT2D eigenvalue weighted by atomic mass is 16.8. The van der Waals surface area contributed by atoms with Crippen LogP contribution in [0.1, 0.15) is 113 Å². The molecule has 24 heteroatoms. The average molecular weight is 1020 g/mol. The highest BCUT2D eigenvalue weighted by molar-refractivity contribution is 5.91. The van der Waals surface area contributed by atoms with Crippen molar-refractivity contribution in [1.82, 2.24) is 15.5 Å². The van der Waals surface area contributed by atoms with E-state index in [0.717, 1.165) is 54.9 Å². The second-order valence-corrected chi connectivity index (χ2v) is 18.5. The predicted octanol–water partition coefficient (Wildman–Crippen LogP) is 2.37. The van der Waals surface area contributed by atoms with E-state index in [2.05, 4.69) is 10.6 Å². The highest BCUT2D eigenvalue weighted by Gasteiger charge is 2.58. The molecule has 3 fully saturated rings. The van der Waals surface area contributed by atoms with Crippen molar-refractivity contribution >= 4 is 59.7 Å². The van der Waals surface area contributed by atoms with Gasteiger partial charge in [0.15, 0.2) is 43.0 Å². The first-order valence-corrected chi connectivity index (χ1v) is 23.5. The van der Waals surface area contributed by atoms with Gasteiger partial charge < -0.3 is 67.6 Å². The van der Waals surface area contributed by atoms with E-state index in [4.69, 9.17) is 52.1 Å². The zero-order valence-corrected chi connectivity index (χ0v) is 42.2. The lowest BCUT2D eigenvalue weighted by molar-refractivity contribution is -0.345. The summed E-state index contributed by atoms with van der Waals surface area (Å²) in [4.78, 5) is 133. The summed E-state index contributed by atoms with van der Waals surface area (Å²) in [6.07, 6.45) is -15.1. The standard InChI is InChI=1S/C48H67N3O21/c1-25(52)62-23-35-39(72-46-43(69-31(7)58)41(67-29(5)56)38(65-27(3)54)36(71-46)24-63-26(2)53)40(66-28(4)55)42(68-30(6)57)45(70-35)49-44(60)34(21-37(59)64-22-32-17-13-11-14-18-32)51(33-19-15-12-16-20-33)47(61)50-48(8,9)10/h11,13-14,17-18,33-36,38-43,45-46H,12,15-16,19-24H2,1-10H3,(H,49,60)(H,50,61)/t34?,35-,36-,38+,39-,40+,41+,42-,43-,45-,46+/m1/s1. The number of hydrogen-bond donors (Lipinski definition) is 2. The van der Waals surface area contributed by atoms with Gasteiger partial charge >= 0.3 is 53.8 Å². The van der Waals surface area contributed by atoms with Crippen LogP contribution in [-0.4, -0.2) is 157 Å². The molecule has 24 nitrogen and oxygen atoms in total. The molecule has 0 aromatic heterocycles. The fourth-order valence-corrected chi connectivity index (χ4v) is 8.44. The van der Waals surface area contributed by atoms with Gasteiger partial charge in [0.25, 0.3) is 0 Å². The molecule has 1 unspecified atom stereocenters. The van der Waals surface area contributed by atoms with E-state index in [1.807, 2.05) is 0 Å². The summed E-state index contributed by atoms with van der Waals surface area (Å²) in [7, 11) is 0. The lowest BCUT2D eigenvalue weighted by Gasteiger charge is -2.49. The Morgan fingerprint density at radius 2 is 1.08 bits per heavy atom. The molecule has 1 aromatic carbocycles. The minimum Gasteiger partial charge on any atom is -0.463 e. The highest BCUT2D eigenvalue weighted by Crippen LogP contribution is 2.36. The lowest BCUT2D eigenvalue weighted by atomic mass is 9.92. The molecule has 1 aliphatic carbocycles. The van der Waals surface area contributed by atoms with E-state index < -0.39 is 158 Å². The number of carbonyl (C=O) groups is 10. The third kappa shape index (κ3) is 18.0. The average Bonchev–Trinajstić information content (AvgIpc) is 3.27. The quantitative estimate of drug-likeness (QED) is 0.148. The van der Waals surface area contributed by atoms with Gasteiger partial charge in [-0.1, -0.05) is 49.6 Å². The molecule has 0 radical (unpaired) electrons. The molecule has 0 bridgehead atoms. The molecule has 3 amide bonds. The first-order chi connectivity index (χ1) is 33.8. The normalized spacial score (nSPS) is 25.7. The van der Waals surface area contributed by atoms with E-state index in [-0.39, 0.29) is 6.61 Å². The molecule has 4 rings (SSSR count). The van der Waals surface area contributed by atoms with Crippen molar-refractivity contribution in [2.75, 3.05) is 13.2 Å². The number of nitrogens with zero attached hydrogens (tertiary/aromatic N) is 1. The summed E-state index contributed by atoms with van der Waals surface area (Å²) in [5.74, 6) is -8.37. The van der Waals surface area contributed by atoms with Crippen LogP contribution in [0, 0.1) is 0 Å². The van der Waals surface area contributed by atoms with Crippen molar-refractivity contribution < 1.29 is 100 Å². The van der Waals surface area contributed by atoms with E-state index in [0.29, 0.717) is 31.2 Å². The Morgan fingerprint density at radius 3 is 1.60 bits per heavy atom. The van der Waals surface area contributed by atoms with E-state index in [9.17, 15) is 43.2 Å². The first-order valence-electron chi connectivity index (χ1n) is 23.5. The second-order valence-electron chi connectivity index (χ2n) is 18.5. The van der Waals surface area contributed by atoms with Gasteiger partial charge in [-0.2, -0.15) is 0 Å². The van der Waals surface area contributed by atoms with Gasteiger partial charge in [-0.15, -0.1) is 0 Å². The lowest BCUT2D eigenvalue weighted by Crippen LogP contribution is -2.69. The molecule has 2 saturated heterocycles. The Morgan fingerprint density at radius 1 is 0.597 bits per heavy atom. The fourth-order valence-electron chi connectivity index (χ4n) is 8.44. The van der Waals surface area contributed by atoms with E-state index in [1.54, 1.807) is 51.1 Å². The third-order valence-corrected chi connectivity index (χ3v) is 11.1. The summed E-state index contributed by atoms with van der Waals surface area (Å²) >= 11 is 0. The summed E-state index contributed by atoms with van der Waals surface area (Å²) in [5.41, 5.74) is -0.157. The second kappa shape index (κ2) is 26.9. The van der Waals surface area contributed by atoms with Gasteiger partial charge in [-0.05, 0) is 39.2 Å². The molecule has 400 valence electrons. The molecule has 1 saturated carbocycles. The molecule has 72 heavy (non-hydrogen) atoms. The van der Waals surface area contributed by atoms with Crippen LogP contribution in [0.2, 0.25) is 0 Å². The van der Waals surface area contributed by atoms with Gasteiger partial charge in [-0.3, -0.25) is 43.2 Å². The SMILES string of the molecule is CC(=O)OC[C@H]1O[C@@H](O[C@H]2[C@H](OC(C)=O)[C@@H](OC(C)=O)[C@H](NC(=O)C(CC(=O)OCc3ccccc3)N(C(=O)NC(C)(C)C)C3CCCCC3)O[C@@H]2COC(C)=O)[C@H](OC(C)=O)[C@@H](OC(C)=O)[C@H]1OC(C)=O. The number of carbonyl (C=O) groups excluding carboxylic acids is 10. The van der Waals surface area contributed by atoms with Crippen molar-refractivity contribution in [3.63, 3.8) is 0 Å². The Bertz CT molecular complexity index is 2090.